The summed E-state index contributed by atoms with van der Waals surface area (Å²) in [5, 5.41) is 0. The molecule has 0 aromatic heterocycles. The molecule has 0 N–H and O–H groups in total. The van der Waals surface area contributed by atoms with Crippen LogP contribution in [0, 0.1) is 0 Å². The molecule has 0 spiro atoms. The second-order valence-electron chi connectivity index (χ2n) is 7.25. The van der Waals surface area contributed by atoms with Gasteiger partial charge in [-0.05, 0) is 69.0 Å². The van der Waals surface area contributed by atoms with E-state index >= 15 is 0 Å². The lowest BCUT2D eigenvalue weighted by atomic mass is 10.2. The third-order valence-electron chi connectivity index (χ3n) is 4.72. The van der Waals surface area contributed by atoms with E-state index in [4.69, 9.17) is 28.4 Å². The quantitative estimate of drug-likeness (QED) is 0.230. The van der Waals surface area contributed by atoms with Gasteiger partial charge < -0.3 is 28.4 Å². The standard InChI is InChI=1S/C27H36O6/c1-6-10-22-12-14-24(26(18-22)28-4)32-20-30-16-8-9-17-31-21(3)33-25-15-13-23(11-7-2)19-27(25)29-5/h6-7,10-15,18-19,21H,8-9,16-17,20H2,1-5H3/b10-6+,11-7+. The summed E-state index contributed by atoms with van der Waals surface area (Å²) in [7, 11) is 3.26. The van der Waals surface area contributed by atoms with Crippen LogP contribution in [0.15, 0.2) is 48.6 Å². The van der Waals surface area contributed by atoms with E-state index in [-0.39, 0.29) is 13.1 Å². The Morgan fingerprint density at radius 2 is 1.33 bits per heavy atom. The van der Waals surface area contributed by atoms with Crippen LogP contribution in [0.4, 0.5) is 0 Å². The Bertz CT molecular complexity index is 890. The van der Waals surface area contributed by atoms with Gasteiger partial charge >= 0.3 is 0 Å². The van der Waals surface area contributed by atoms with Crippen LogP contribution in [0.25, 0.3) is 12.2 Å². The first-order valence-electron chi connectivity index (χ1n) is 11.2. The molecule has 0 bridgehead atoms. The zero-order chi connectivity index (χ0) is 23.9. The predicted molar refractivity (Wildman–Crippen MR) is 132 cm³/mol. The van der Waals surface area contributed by atoms with Crippen molar-refractivity contribution in [1.82, 2.24) is 0 Å². The average Bonchev–Trinajstić information content (AvgIpc) is 2.82. The van der Waals surface area contributed by atoms with Crippen molar-refractivity contribution in [3.05, 3.63) is 59.7 Å². The van der Waals surface area contributed by atoms with E-state index in [1.54, 1.807) is 14.2 Å². The molecular weight excluding hydrogens is 420 g/mol. The maximum absolute atomic E-state index is 5.87. The summed E-state index contributed by atoms with van der Waals surface area (Å²) in [6.45, 7) is 7.15. The molecule has 6 heteroatoms. The summed E-state index contributed by atoms with van der Waals surface area (Å²) in [5.41, 5.74) is 2.12. The first-order chi connectivity index (χ1) is 16.1. The molecule has 0 saturated heterocycles. The maximum Gasteiger partial charge on any atom is 0.197 e. The van der Waals surface area contributed by atoms with Crippen molar-refractivity contribution in [3.63, 3.8) is 0 Å². The van der Waals surface area contributed by atoms with Crippen molar-refractivity contribution < 1.29 is 28.4 Å². The Hall–Kier alpha value is -2.96. The molecule has 2 aromatic carbocycles. The SMILES string of the molecule is C/C=C/c1ccc(OCOCCCCOC(C)Oc2ccc(/C=C/C)cc2OC)c(OC)c1. The third-order valence-corrected chi connectivity index (χ3v) is 4.72. The highest BCUT2D eigenvalue weighted by Crippen LogP contribution is 2.30. The predicted octanol–water partition coefficient (Wildman–Crippen LogP) is 6.34. The molecule has 0 aliphatic carbocycles. The van der Waals surface area contributed by atoms with Crippen molar-refractivity contribution in [1.29, 1.82) is 0 Å². The van der Waals surface area contributed by atoms with Crippen molar-refractivity contribution in [2.24, 2.45) is 0 Å². The second-order valence-corrected chi connectivity index (χ2v) is 7.25. The lowest BCUT2D eigenvalue weighted by Gasteiger charge is -2.17. The highest BCUT2D eigenvalue weighted by molar-refractivity contribution is 5.56. The Balaban J connectivity index is 1.62. The number of benzene rings is 2. The number of rotatable bonds is 15. The molecule has 1 unspecified atom stereocenters. The molecule has 6 nitrogen and oxygen atoms in total. The number of methoxy groups -OCH3 is 2. The fourth-order valence-corrected chi connectivity index (χ4v) is 3.11. The van der Waals surface area contributed by atoms with Crippen LogP contribution < -0.4 is 18.9 Å². The van der Waals surface area contributed by atoms with Crippen LogP contribution in [0.5, 0.6) is 23.0 Å². The van der Waals surface area contributed by atoms with E-state index in [1.807, 2.05) is 81.5 Å². The van der Waals surface area contributed by atoms with E-state index in [0.717, 1.165) is 24.0 Å². The van der Waals surface area contributed by atoms with Gasteiger partial charge in [-0.1, -0.05) is 36.4 Å². The van der Waals surface area contributed by atoms with Gasteiger partial charge in [0, 0.05) is 0 Å². The molecule has 0 fully saturated rings. The number of unbranched alkanes of at least 4 members (excludes halogenated alkanes) is 1. The number of hydrogen-bond donors (Lipinski definition) is 0. The van der Waals surface area contributed by atoms with Gasteiger partial charge in [0.05, 0.1) is 27.4 Å². The summed E-state index contributed by atoms with van der Waals surface area (Å²) in [6, 6.07) is 11.6. The van der Waals surface area contributed by atoms with Gasteiger partial charge in [0.25, 0.3) is 0 Å². The van der Waals surface area contributed by atoms with Crippen LogP contribution >= 0.6 is 0 Å². The Labute approximate surface area is 197 Å². The molecule has 0 aliphatic rings. The van der Waals surface area contributed by atoms with E-state index in [9.17, 15) is 0 Å². The molecule has 0 heterocycles. The van der Waals surface area contributed by atoms with Crippen LogP contribution in [0.1, 0.15) is 44.7 Å². The highest BCUT2D eigenvalue weighted by Gasteiger charge is 2.10. The summed E-state index contributed by atoms with van der Waals surface area (Å²) in [5.74, 6) is 2.69. The maximum atomic E-state index is 5.87. The molecule has 0 amide bonds. The number of ether oxygens (including phenoxy) is 6. The zero-order valence-corrected chi connectivity index (χ0v) is 20.3. The highest BCUT2D eigenvalue weighted by atomic mass is 16.7. The van der Waals surface area contributed by atoms with E-state index < -0.39 is 0 Å². The fourth-order valence-electron chi connectivity index (χ4n) is 3.11. The Morgan fingerprint density at radius 1 is 0.758 bits per heavy atom. The lowest BCUT2D eigenvalue weighted by molar-refractivity contribution is -0.0706. The topological polar surface area (TPSA) is 55.4 Å². The fraction of sp³-hybridized carbons (Fsp3) is 0.407. The van der Waals surface area contributed by atoms with Crippen molar-refractivity contribution >= 4 is 12.2 Å². The Morgan fingerprint density at radius 3 is 1.94 bits per heavy atom. The van der Waals surface area contributed by atoms with E-state index in [0.29, 0.717) is 36.2 Å². The van der Waals surface area contributed by atoms with Gasteiger partial charge in [0.2, 0.25) is 0 Å². The van der Waals surface area contributed by atoms with Gasteiger partial charge in [0.15, 0.2) is 36.1 Å². The normalized spacial score (nSPS) is 12.3. The minimum Gasteiger partial charge on any atom is -0.493 e. The molecule has 0 radical (unpaired) electrons. The average molecular weight is 457 g/mol. The molecule has 33 heavy (non-hydrogen) atoms. The monoisotopic (exact) mass is 456 g/mol. The van der Waals surface area contributed by atoms with Crippen molar-refractivity contribution in [2.45, 2.75) is 39.9 Å². The van der Waals surface area contributed by atoms with Gasteiger partial charge in [-0.3, -0.25) is 0 Å². The van der Waals surface area contributed by atoms with Crippen LogP contribution in [0.3, 0.4) is 0 Å². The molecule has 0 aliphatic heterocycles. The van der Waals surface area contributed by atoms with Crippen molar-refractivity contribution in [2.75, 3.05) is 34.2 Å². The van der Waals surface area contributed by atoms with Gasteiger partial charge in [0.1, 0.15) is 0 Å². The molecule has 1 atom stereocenters. The van der Waals surface area contributed by atoms with Crippen LogP contribution in [-0.2, 0) is 9.47 Å². The molecule has 2 rings (SSSR count). The van der Waals surface area contributed by atoms with Gasteiger partial charge in [-0.15, -0.1) is 0 Å². The van der Waals surface area contributed by atoms with Gasteiger partial charge in [-0.25, -0.2) is 0 Å². The molecule has 180 valence electrons. The number of hydrogen-bond acceptors (Lipinski definition) is 6. The first-order valence-corrected chi connectivity index (χ1v) is 11.2. The summed E-state index contributed by atoms with van der Waals surface area (Å²) >= 11 is 0. The largest absolute Gasteiger partial charge is 0.493 e. The van der Waals surface area contributed by atoms with E-state index in [2.05, 4.69) is 0 Å². The smallest absolute Gasteiger partial charge is 0.197 e. The lowest BCUT2D eigenvalue weighted by Crippen LogP contribution is -2.17. The van der Waals surface area contributed by atoms with Gasteiger partial charge in [-0.2, -0.15) is 0 Å². The second kappa shape index (κ2) is 15.0. The molecular formula is C27H36O6. The van der Waals surface area contributed by atoms with E-state index in [1.165, 1.54) is 0 Å². The summed E-state index contributed by atoms with van der Waals surface area (Å²) < 4.78 is 33.7. The van der Waals surface area contributed by atoms with Crippen molar-refractivity contribution in [3.8, 4) is 23.0 Å². The molecule has 0 saturated carbocycles. The first kappa shape index (κ1) is 26.3. The minimum absolute atomic E-state index is 0.169. The minimum atomic E-state index is -0.381. The number of allylic oxidation sites excluding steroid dienone is 2. The van der Waals surface area contributed by atoms with Crippen LogP contribution in [-0.4, -0.2) is 40.5 Å². The molecule has 2 aromatic rings. The van der Waals surface area contributed by atoms with Crippen LogP contribution in [0.2, 0.25) is 0 Å². The third kappa shape index (κ3) is 9.20. The Kier molecular flexibility index (Phi) is 11.9. The summed E-state index contributed by atoms with van der Waals surface area (Å²) in [4.78, 5) is 0. The summed E-state index contributed by atoms with van der Waals surface area (Å²) in [6.07, 6.45) is 9.31. The zero-order valence-electron chi connectivity index (χ0n) is 20.3.